The van der Waals surface area contributed by atoms with Crippen LogP contribution in [0.25, 0.3) is 0 Å². The van der Waals surface area contributed by atoms with Gasteiger partial charge in [0.05, 0.1) is 6.61 Å². The Kier molecular flexibility index (Phi) is 5.95. The first-order valence-electron chi connectivity index (χ1n) is 8.15. The van der Waals surface area contributed by atoms with Crippen molar-refractivity contribution in [1.29, 1.82) is 0 Å². The molecule has 0 radical (unpaired) electrons. The third kappa shape index (κ3) is 3.48. The molecule has 2 heterocycles. The van der Waals surface area contributed by atoms with E-state index in [-0.39, 0.29) is 24.3 Å². The molecule has 3 N–H and O–H groups in total. The zero-order valence-corrected chi connectivity index (χ0v) is 13.7. The number of carbonyl (C=O) groups excluding carboxylic acids is 3. The second-order valence-corrected chi connectivity index (χ2v) is 6.02. The van der Waals surface area contributed by atoms with Crippen LogP contribution in [-0.4, -0.2) is 84.5 Å². The zero-order chi connectivity index (χ0) is 17.0. The third-order valence-corrected chi connectivity index (χ3v) is 4.73. The van der Waals surface area contributed by atoms with Crippen LogP contribution in [0.2, 0.25) is 0 Å². The zero-order valence-electron chi connectivity index (χ0n) is 13.7. The lowest BCUT2D eigenvalue weighted by molar-refractivity contribution is -0.147. The van der Waals surface area contributed by atoms with E-state index in [4.69, 9.17) is 0 Å². The largest absolute Gasteiger partial charge is 0.394 e. The highest BCUT2D eigenvalue weighted by atomic mass is 16.3. The van der Waals surface area contributed by atoms with E-state index in [1.807, 2.05) is 0 Å². The van der Waals surface area contributed by atoms with E-state index < -0.39 is 18.1 Å². The van der Waals surface area contributed by atoms with Crippen molar-refractivity contribution in [3.05, 3.63) is 0 Å². The van der Waals surface area contributed by atoms with Gasteiger partial charge < -0.3 is 25.5 Å². The van der Waals surface area contributed by atoms with Crippen LogP contribution in [0.1, 0.15) is 25.7 Å². The Hall–Kier alpha value is -1.67. The summed E-state index contributed by atoms with van der Waals surface area (Å²) >= 11 is 0. The van der Waals surface area contributed by atoms with E-state index in [0.717, 1.165) is 12.8 Å². The van der Waals surface area contributed by atoms with Gasteiger partial charge in [-0.25, -0.2) is 0 Å². The number of hydrogen-bond acceptors (Lipinski definition) is 5. The molecule has 2 aliphatic heterocycles. The summed E-state index contributed by atoms with van der Waals surface area (Å²) in [7, 11) is 3.17. The highest BCUT2D eigenvalue weighted by Crippen LogP contribution is 2.25. The number of carbonyl (C=O) groups is 3. The average Bonchev–Trinajstić information content (AvgIpc) is 3.23. The first kappa shape index (κ1) is 17.7. The molecule has 0 aromatic rings. The minimum atomic E-state index is -0.697. The summed E-state index contributed by atoms with van der Waals surface area (Å²) in [4.78, 5) is 40.4. The fourth-order valence-electron chi connectivity index (χ4n) is 3.44. The molecular weight excluding hydrogens is 300 g/mol. The fraction of sp³-hybridized carbons (Fsp3) is 0.800. The van der Waals surface area contributed by atoms with Crippen molar-refractivity contribution in [2.24, 2.45) is 0 Å². The first-order valence-corrected chi connectivity index (χ1v) is 8.15. The number of nitrogens with zero attached hydrogens (tertiary/aromatic N) is 2. The predicted molar refractivity (Wildman–Crippen MR) is 83.5 cm³/mol. The highest BCUT2D eigenvalue weighted by molar-refractivity contribution is 5.93. The van der Waals surface area contributed by atoms with Gasteiger partial charge in [-0.05, 0) is 32.7 Å². The van der Waals surface area contributed by atoms with Gasteiger partial charge in [0.15, 0.2) is 0 Å². The Morgan fingerprint density at radius 1 is 1.09 bits per heavy atom. The molecule has 0 spiro atoms. The molecule has 2 aliphatic rings. The number of nitrogens with one attached hydrogen (secondary N) is 2. The van der Waals surface area contributed by atoms with Gasteiger partial charge >= 0.3 is 0 Å². The summed E-state index contributed by atoms with van der Waals surface area (Å²) in [5.74, 6) is -0.577. The van der Waals surface area contributed by atoms with Gasteiger partial charge in [-0.3, -0.25) is 14.4 Å². The number of hydrogen-bond donors (Lipinski definition) is 3. The SMILES string of the molecule is CNC(=O)C1CCCN1C(=O)C1CCCN1C(=O)C(CO)NC. The summed E-state index contributed by atoms with van der Waals surface area (Å²) in [6.45, 7) is 0.744. The number of aliphatic hydroxyl groups is 1. The third-order valence-electron chi connectivity index (χ3n) is 4.73. The molecule has 2 fully saturated rings. The summed E-state index contributed by atoms with van der Waals surface area (Å²) in [5, 5.41) is 14.6. The minimum absolute atomic E-state index is 0.157. The van der Waals surface area contributed by atoms with Crippen LogP contribution in [0.5, 0.6) is 0 Å². The van der Waals surface area contributed by atoms with Crippen LogP contribution in [0.15, 0.2) is 0 Å². The molecule has 0 aliphatic carbocycles. The molecule has 0 bridgehead atoms. The molecule has 8 heteroatoms. The maximum atomic E-state index is 12.9. The Morgan fingerprint density at radius 3 is 2.26 bits per heavy atom. The quantitative estimate of drug-likeness (QED) is 0.559. The van der Waals surface area contributed by atoms with Gasteiger partial charge in [-0.15, -0.1) is 0 Å². The fourth-order valence-corrected chi connectivity index (χ4v) is 3.44. The Balaban J connectivity index is 2.11. The topological polar surface area (TPSA) is 102 Å². The van der Waals surface area contributed by atoms with Gasteiger partial charge in [0.2, 0.25) is 17.7 Å². The van der Waals surface area contributed by atoms with E-state index >= 15 is 0 Å². The molecule has 0 aromatic heterocycles. The maximum absolute atomic E-state index is 12.9. The molecule has 0 aromatic carbocycles. The van der Waals surface area contributed by atoms with Crippen LogP contribution >= 0.6 is 0 Å². The summed E-state index contributed by atoms with van der Waals surface area (Å²) in [5.41, 5.74) is 0. The standard InChI is InChI=1S/C15H26N4O4/c1-16-10(9-20)14(22)19-8-4-6-12(19)15(23)18-7-3-5-11(18)13(21)17-2/h10-12,16,20H,3-9H2,1-2H3,(H,17,21). The number of aliphatic hydroxyl groups excluding tert-OH is 1. The second kappa shape index (κ2) is 7.74. The molecule has 8 nitrogen and oxygen atoms in total. The number of amides is 3. The van der Waals surface area contributed by atoms with E-state index in [9.17, 15) is 19.5 Å². The van der Waals surface area contributed by atoms with Crippen molar-refractivity contribution >= 4 is 17.7 Å². The van der Waals surface area contributed by atoms with Crippen molar-refractivity contribution in [2.75, 3.05) is 33.8 Å². The normalized spacial score (nSPS) is 25.5. The molecule has 3 unspecified atom stereocenters. The highest BCUT2D eigenvalue weighted by Gasteiger charge is 2.42. The number of likely N-dealkylation sites (tertiary alicyclic amines) is 2. The first-order chi connectivity index (χ1) is 11.0. The molecule has 3 amide bonds. The van der Waals surface area contributed by atoms with E-state index in [2.05, 4.69) is 10.6 Å². The van der Waals surface area contributed by atoms with Crippen molar-refractivity contribution < 1.29 is 19.5 Å². The Morgan fingerprint density at radius 2 is 1.70 bits per heavy atom. The van der Waals surface area contributed by atoms with Gasteiger partial charge in [0, 0.05) is 20.1 Å². The Labute approximate surface area is 136 Å². The summed E-state index contributed by atoms with van der Waals surface area (Å²) in [6.07, 6.45) is 2.80. The van der Waals surface area contributed by atoms with Crippen LogP contribution in [-0.2, 0) is 14.4 Å². The summed E-state index contributed by atoms with van der Waals surface area (Å²) in [6, 6.07) is -1.67. The lowest BCUT2D eigenvalue weighted by Gasteiger charge is -2.32. The lowest BCUT2D eigenvalue weighted by Crippen LogP contribution is -2.55. The van der Waals surface area contributed by atoms with Crippen molar-refractivity contribution in [2.45, 2.75) is 43.8 Å². The van der Waals surface area contributed by atoms with E-state index in [1.165, 1.54) is 0 Å². The average molecular weight is 326 g/mol. The number of likely N-dealkylation sites (N-methyl/N-ethyl adjacent to an activating group) is 2. The molecular formula is C15H26N4O4. The Bertz CT molecular complexity index is 466. The van der Waals surface area contributed by atoms with Crippen molar-refractivity contribution in [1.82, 2.24) is 20.4 Å². The van der Waals surface area contributed by atoms with Crippen LogP contribution in [0.3, 0.4) is 0 Å². The van der Waals surface area contributed by atoms with Gasteiger partial charge in [-0.2, -0.15) is 0 Å². The van der Waals surface area contributed by atoms with E-state index in [0.29, 0.717) is 25.9 Å². The van der Waals surface area contributed by atoms with Crippen molar-refractivity contribution in [3.8, 4) is 0 Å². The summed E-state index contributed by atoms with van der Waals surface area (Å²) < 4.78 is 0. The monoisotopic (exact) mass is 326 g/mol. The molecule has 3 atom stereocenters. The second-order valence-electron chi connectivity index (χ2n) is 6.02. The van der Waals surface area contributed by atoms with Crippen LogP contribution in [0, 0.1) is 0 Å². The molecule has 23 heavy (non-hydrogen) atoms. The van der Waals surface area contributed by atoms with Crippen LogP contribution < -0.4 is 10.6 Å². The molecule has 130 valence electrons. The molecule has 2 rings (SSSR count). The molecule has 0 saturated carbocycles. The predicted octanol–water partition coefficient (Wildman–Crippen LogP) is -1.71. The maximum Gasteiger partial charge on any atom is 0.246 e. The van der Waals surface area contributed by atoms with E-state index in [1.54, 1.807) is 23.9 Å². The van der Waals surface area contributed by atoms with Crippen molar-refractivity contribution in [3.63, 3.8) is 0 Å². The molecule has 2 saturated heterocycles. The van der Waals surface area contributed by atoms with Crippen LogP contribution in [0.4, 0.5) is 0 Å². The van der Waals surface area contributed by atoms with Gasteiger partial charge in [-0.1, -0.05) is 0 Å². The minimum Gasteiger partial charge on any atom is -0.394 e. The number of rotatable bonds is 5. The lowest BCUT2D eigenvalue weighted by atomic mass is 10.1. The smallest absolute Gasteiger partial charge is 0.246 e. The van der Waals surface area contributed by atoms with Gasteiger partial charge in [0.1, 0.15) is 18.1 Å². The van der Waals surface area contributed by atoms with Gasteiger partial charge in [0.25, 0.3) is 0 Å².